The predicted octanol–water partition coefficient (Wildman–Crippen LogP) is 2.40. The van der Waals surface area contributed by atoms with Crippen LogP contribution in [0.25, 0.3) is 5.57 Å². The summed E-state index contributed by atoms with van der Waals surface area (Å²) in [5, 5.41) is 7.12. The number of carbonyl (C=O) groups excluding carboxylic acids is 1. The summed E-state index contributed by atoms with van der Waals surface area (Å²) in [6, 6.07) is 7.71. The molecule has 0 aliphatic carbocycles. The van der Waals surface area contributed by atoms with Crippen LogP contribution < -0.4 is 0 Å². The average Bonchev–Trinajstić information content (AvgIpc) is 2.79. The lowest BCUT2D eigenvalue weighted by molar-refractivity contribution is -0.192. The number of aliphatic carboxylic acids is 1. The van der Waals surface area contributed by atoms with Gasteiger partial charge in [0.05, 0.1) is 5.69 Å². The molecule has 3 rings (SSSR count). The van der Waals surface area contributed by atoms with Crippen LogP contribution >= 0.6 is 0 Å². The number of carbonyl (C=O) groups is 2. The molecule has 2 aliphatic heterocycles. The lowest BCUT2D eigenvalue weighted by Gasteiger charge is -2.03. The molecule has 1 N–H and O–H groups in total. The third-order valence-electron chi connectivity index (χ3n) is 2.56. The zero-order valence-electron chi connectivity index (χ0n) is 10.3. The second-order valence-electron chi connectivity index (χ2n) is 3.94. The van der Waals surface area contributed by atoms with E-state index in [1.165, 1.54) is 6.21 Å². The van der Waals surface area contributed by atoms with E-state index in [0.717, 1.165) is 16.8 Å². The molecule has 1 amide bonds. The SMILES string of the molecule is O=C(O)C(F)(F)F.O=C1N=CC=C2C1=Nc1ccccc12. The fourth-order valence-electron chi connectivity index (χ4n) is 1.68. The van der Waals surface area contributed by atoms with E-state index >= 15 is 0 Å². The van der Waals surface area contributed by atoms with Crippen LogP contribution in [0.1, 0.15) is 5.56 Å². The lowest BCUT2D eigenvalue weighted by Crippen LogP contribution is -2.21. The number of amides is 1. The van der Waals surface area contributed by atoms with Gasteiger partial charge in [0.1, 0.15) is 5.71 Å². The first kappa shape index (κ1) is 14.6. The molecule has 8 heteroatoms. The molecular formula is C13H7F3N2O3. The van der Waals surface area contributed by atoms with E-state index in [9.17, 15) is 18.0 Å². The van der Waals surface area contributed by atoms with E-state index in [0.29, 0.717) is 5.71 Å². The monoisotopic (exact) mass is 296 g/mol. The van der Waals surface area contributed by atoms with Gasteiger partial charge in [-0.2, -0.15) is 13.2 Å². The quantitative estimate of drug-likeness (QED) is 0.798. The molecule has 1 aromatic carbocycles. The number of rotatable bonds is 0. The van der Waals surface area contributed by atoms with E-state index in [1.54, 1.807) is 0 Å². The van der Waals surface area contributed by atoms with E-state index in [2.05, 4.69) is 9.98 Å². The van der Waals surface area contributed by atoms with Crippen molar-refractivity contribution < 1.29 is 27.9 Å². The van der Waals surface area contributed by atoms with Crippen molar-refractivity contribution in [2.45, 2.75) is 6.18 Å². The molecule has 5 nitrogen and oxygen atoms in total. The van der Waals surface area contributed by atoms with Crippen LogP contribution in [-0.2, 0) is 9.59 Å². The molecule has 1 aromatic rings. The van der Waals surface area contributed by atoms with Crippen LogP contribution in [0.15, 0.2) is 40.3 Å². The van der Waals surface area contributed by atoms with Crippen LogP contribution in [0, 0.1) is 0 Å². The lowest BCUT2D eigenvalue weighted by atomic mass is 10.0. The maximum absolute atomic E-state index is 11.4. The maximum atomic E-state index is 11.4. The number of para-hydroxylation sites is 1. The molecule has 0 aromatic heterocycles. The third-order valence-corrected chi connectivity index (χ3v) is 2.56. The van der Waals surface area contributed by atoms with Gasteiger partial charge in [0.2, 0.25) is 0 Å². The molecular weight excluding hydrogens is 289 g/mol. The van der Waals surface area contributed by atoms with E-state index < -0.39 is 12.1 Å². The van der Waals surface area contributed by atoms with Gasteiger partial charge in [-0.15, -0.1) is 0 Å². The average molecular weight is 296 g/mol. The first-order valence-electron chi connectivity index (χ1n) is 5.58. The molecule has 0 spiro atoms. The van der Waals surface area contributed by atoms with Crippen molar-refractivity contribution in [3.8, 4) is 0 Å². The van der Waals surface area contributed by atoms with Crippen molar-refractivity contribution in [1.29, 1.82) is 0 Å². The van der Waals surface area contributed by atoms with E-state index in [1.807, 2.05) is 30.3 Å². The van der Waals surface area contributed by atoms with Crippen LogP contribution in [0.5, 0.6) is 0 Å². The highest BCUT2D eigenvalue weighted by atomic mass is 19.4. The van der Waals surface area contributed by atoms with Gasteiger partial charge in [0.25, 0.3) is 5.91 Å². The highest BCUT2D eigenvalue weighted by Gasteiger charge is 2.38. The predicted molar refractivity (Wildman–Crippen MR) is 68.7 cm³/mol. The van der Waals surface area contributed by atoms with Gasteiger partial charge in [-0.3, -0.25) is 4.79 Å². The maximum Gasteiger partial charge on any atom is 0.490 e. The number of aliphatic imine (C=N–C) groups is 2. The van der Waals surface area contributed by atoms with Crippen molar-refractivity contribution in [3.63, 3.8) is 0 Å². The molecule has 0 unspecified atom stereocenters. The van der Waals surface area contributed by atoms with E-state index in [4.69, 9.17) is 9.90 Å². The summed E-state index contributed by atoms with van der Waals surface area (Å²) in [6.45, 7) is 0. The number of halogens is 3. The smallest absolute Gasteiger partial charge is 0.475 e. The van der Waals surface area contributed by atoms with Gasteiger partial charge in [-0.1, -0.05) is 18.2 Å². The molecule has 0 saturated heterocycles. The molecule has 21 heavy (non-hydrogen) atoms. The van der Waals surface area contributed by atoms with Crippen molar-refractivity contribution >= 4 is 35.1 Å². The first-order chi connectivity index (χ1) is 9.80. The fourth-order valence-corrected chi connectivity index (χ4v) is 1.68. The Hall–Kier alpha value is -2.77. The standard InChI is InChI=1S/C11H6N2O.C2HF3O2/c14-11-10-8(5-6-12-11)7-3-1-2-4-9(7)13-10;3-2(4,5)1(6)7/h1-6H;(H,6,7). The molecule has 0 atom stereocenters. The topological polar surface area (TPSA) is 79.1 Å². The van der Waals surface area contributed by atoms with Gasteiger partial charge in [-0.25, -0.2) is 14.8 Å². The number of hydrogen-bond donors (Lipinski definition) is 1. The summed E-state index contributed by atoms with van der Waals surface area (Å²) in [7, 11) is 0. The van der Waals surface area contributed by atoms with Crippen molar-refractivity contribution in [3.05, 3.63) is 35.9 Å². The van der Waals surface area contributed by atoms with Crippen molar-refractivity contribution in [1.82, 2.24) is 0 Å². The first-order valence-corrected chi connectivity index (χ1v) is 5.58. The van der Waals surface area contributed by atoms with Crippen LogP contribution in [-0.4, -0.2) is 35.1 Å². The highest BCUT2D eigenvalue weighted by Crippen LogP contribution is 2.35. The van der Waals surface area contributed by atoms with Crippen molar-refractivity contribution in [2.24, 2.45) is 9.98 Å². The number of fused-ring (bicyclic) bond motifs is 3. The third kappa shape index (κ3) is 3.04. The van der Waals surface area contributed by atoms with Crippen molar-refractivity contribution in [2.75, 3.05) is 0 Å². The summed E-state index contributed by atoms with van der Waals surface area (Å²) in [5.41, 5.74) is 3.23. The number of dihydropyridines is 1. The molecule has 2 heterocycles. The van der Waals surface area contributed by atoms with Gasteiger partial charge in [-0.05, 0) is 12.1 Å². The number of hydrogen-bond acceptors (Lipinski definition) is 3. The van der Waals surface area contributed by atoms with Crippen LogP contribution in [0.3, 0.4) is 0 Å². The van der Waals surface area contributed by atoms with Gasteiger partial charge in [0, 0.05) is 17.4 Å². The van der Waals surface area contributed by atoms with E-state index in [-0.39, 0.29) is 5.91 Å². The number of alkyl halides is 3. The highest BCUT2D eigenvalue weighted by molar-refractivity contribution is 6.60. The molecule has 0 saturated carbocycles. The minimum atomic E-state index is -5.08. The minimum absolute atomic E-state index is 0.251. The Morgan fingerprint density at radius 1 is 1.19 bits per heavy atom. The fraction of sp³-hybridized carbons (Fsp3) is 0.0769. The number of benzene rings is 1. The normalized spacial score (nSPS) is 15.3. The van der Waals surface area contributed by atoms with Crippen LogP contribution in [0.4, 0.5) is 18.9 Å². The summed E-state index contributed by atoms with van der Waals surface area (Å²) in [4.78, 5) is 28.2. The summed E-state index contributed by atoms with van der Waals surface area (Å²) in [5.74, 6) is -3.01. The number of allylic oxidation sites excluding steroid dienone is 1. The number of carboxylic acids is 1. The Labute approximate surface area is 116 Å². The van der Waals surface area contributed by atoms with Gasteiger partial charge < -0.3 is 5.11 Å². The summed E-state index contributed by atoms with van der Waals surface area (Å²) < 4.78 is 31.7. The molecule has 2 aliphatic rings. The zero-order valence-corrected chi connectivity index (χ0v) is 10.3. The summed E-state index contributed by atoms with van der Waals surface area (Å²) in [6.07, 6.45) is -1.73. The Bertz CT molecular complexity index is 703. The molecule has 0 radical (unpaired) electrons. The minimum Gasteiger partial charge on any atom is -0.475 e. The second kappa shape index (κ2) is 5.31. The largest absolute Gasteiger partial charge is 0.490 e. The Morgan fingerprint density at radius 3 is 2.43 bits per heavy atom. The van der Waals surface area contributed by atoms with Crippen LogP contribution in [0.2, 0.25) is 0 Å². The molecule has 0 fully saturated rings. The van der Waals surface area contributed by atoms with Gasteiger partial charge in [0.15, 0.2) is 0 Å². The Kier molecular flexibility index (Phi) is 3.70. The Morgan fingerprint density at radius 2 is 1.81 bits per heavy atom. The number of nitrogens with zero attached hydrogens (tertiary/aromatic N) is 2. The van der Waals surface area contributed by atoms with Gasteiger partial charge >= 0.3 is 12.1 Å². The second-order valence-corrected chi connectivity index (χ2v) is 3.94. The zero-order chi connectivity index (χ0) is 15.6. The molecule has 0 bridgehead atoms. The Balaban J connectivity index is 0.000000199. The number of carboxylic acid groups (broad SMARTS) is 1. The molecule has 108 valence electrons. The summed E-state index contributed by atoms with van der Waals surface area (Å²) >= 11 is 0.